The van der Waals surface area contributed by atoms with Gasteiger partial charge in [-0.25, -0.2) is 9.50 Å². The van der Waals surface area contributed by atoms with Crippen molar-refractivity contribution >= 4 is 27.5 Å². The molecule has 1 amide bonds. The molecule has 6 aromatic rings. The third-order valence-corrected chi connectivity index (χ3v) is 9.40. The highest BCUT2D eigenvalue weighted by Crippen LogP contribution is 2.36. The van der Waals surface area contributed by atoms with Gasteiger partial charge in [0.15, 0.2) is 0 Å². The van der Waals surface area contributed by atoms with Gasteiger partial charge in [0.05, 0.1) is 47.4 Å². The fourth-order valence-electron chi connectivity index (χ4n) is 6.31. The Morgan fingerprint density at radius 1 is 1.06 bits per heavy atom. The van der Waals surface area contributed by atoms with Crippen LogP contribution in [0.15, 0.2) is 94.6 Å². The molecular formula is C35H28BrF3N6O2. The van der Waals surface area contributed by atoms with Crippen molar-refractivity contribution in [1.82, 2.24) is 29.0 Å². The number of carbonyl (C=O) groups is 1. The zero-order valence-corrected chi connectivity index (χ0v) is 26.9. The summed E-state index contributed by atoms with van der Waals surface area (Å²) in [6, 6.07) is 20.5. The number of nitrogens with zero attached hydrogens (tertiary/aromatic N) is 5. The van der Waals surface area contributed by atoms with E-state index in [2.05, 4.69) is 25.9 Å². The number of amides is 1. The Bertz CT molecular complexity index is 2200. The summed E-state index contributed by atoms with van der Waals surface area (Å²) in [6.45, 7) is 3.72. The first kappa shape index (κ1) is 30.7. The highest BCUT2D eigenvalue weighted by Gasteiger charge is 2.36. The van der Waals surface area contributed by atoms with E-state index in [0.717, 1.165) is 34.1 Å². The first-order valence-electron chi connectivity index (χ1n) is 15.0. The molecule has 1 aliphatic heterocycles. The van der Waals surface area contributed by atoms with Gasteiger partial charge in [-0.2, -0.15) is 18.3 Å². The number of aromatic nitrogens is 5. The van der Waals surface area contributed by atoms with E-state index in [1.54, 1.807) is 28.5 Å². The van der Waals surface area contributed by atoms with Crippen molar-refractivity contribution in [2.24, 2.45) is 0 Å². The lowest BCUT2D eigenvalue weighted by atomic mass is 9.97. The molecule has 12 heteroatoms. The van der Waals surface area contributed by atoms with Gasteiger partial charge in [0, 0.05) is 33.6 Å². The summed E-state index contributed by atoms with van der Waals surface area (Å²) in [7, 11) is 0. The van der Waals surface area contributed by atoms with Crippen LogP contribution in [0, 0.1) is 6.92 Å². The molecule has 0 radical (unpaired) electrons. The number of nitrogens with one attached hydrogen (secondary N) is 1. The first-order chi connectivity index (χ1) is 22.5. The fourth-order valence-corrected chi connectivity index (χ4v) is 6.78. The zero-order chi connectivity index (χ0) is 33.0. The summed E-state index contributed by atoms with van der Waals surface area (Å²) in [5.41, 5.74) is 5.53. The van der Waals surface area contributed by atoms with Crippen LogP contribution in [0.25, 0.3) is 22.6 Å². The molecule has 7 rings (SSSR count). The number of imidazole rings is 1. The molecule has 4 heterocycles. The van der Waals surface area contributed by atoms with Crippen molar-refractivity contribution in [1.29, 1.82) is 0 Å². The molecule has 0 saturated carbocycles. The molecule has 0 saturated heterocycles. The van der Waals surface area contributed by atoms with E-state index in [9.17, 15) is 22.8 Å². The molecule has 1 atom stereocenters. The predicted molar refractivity (Wildman–Crippen MR) is 175 cm³/mol. The molecule has 0 aliphatic carbocycles. The highest BCUT2D eigenvalue weighted by molar-refractivity contribution is 9.10. The van der Waals surface area contributed by atoms with E-state index in [-0.39, 0.29) is 28.6 Å². The maximum absolute atomic E-state index is 14.5. The zero-order valence-electron chi connectivity index (χ0n) is 25.3. The SMILES string of the molecule is Cc1nc[nH]c1-c1ccc(-n2c(=O)c3c(n4ncc(Cc5ccccc5)c24)CN(C(=O)c2ccc(Br)c(C(F)(F)F)c2)C(C)C3)cc1. The quantitative estimate of drug-likeness (QED) is 0.207. The molecule has 0 fully saturated rings. The highest BCUT2D eigenvalue weighted by atomic mass is 79.9. The number of H-pyrrole nitrogens is 1. The summed E-state index contributed by atoms with van der Waals surface area (Å²) in [5.74, 6) is -0.556. The monoisotopic (exact) mass is 700 g/mol. The Hall–Kier alpha value is -4.97. The van der Waals surface area contributed by atoms with E-state index in [1.807, 2.05) is 61.5 Å². The molecule has 3 aromatic heterocycles. The number of aryl methyl sites for hydroxylation is 1. The molecular weight excluding hydrogens is 673 g/mol. The summed E-state index contributed by atoms with van der Waals surface area (Å²) < 4.78 is 44.2. The Kier molecular flexibility index (Phi) is 7.62. The number of fused-ring (bicyclic) bond motifs is 3. The van der Waals surface area contributed by atoms with Gasteiger partial charge in [-0.1, -0.05) is 58.4 Å². The van der Waals surface area contributed by atoms with Crippen LogP contribution in [-0.2, 0) is 25.6 Å². The van der Waals surface area contributed by atoms with E-state index in [0.29, 0.717) is 29.0 Å². The fraction of sp³-hybridized carbons (Fsp3) is 0.200. The lowest BCUT2D eigenvalue weighted by Crippen LogP contribution is -2.46. The number of halogens is 4. The average molecular weight is 702 g/mol. The normalized spacial score (nSPS) is 14.9. The van der Waals surface area contributed by atoms with E-state index < -0.39 is 23.7 Å². The largest absolute Gasteiger partial charge is 0.417 e. The Morgan fingerprint density at radius 2 is 1.81 bits per heavy atom. The van der Waals surface area contributed by atoms with E-state index >= 15 is 0 Å². The van der Waals surface area contributed by atoms with Gasteiger partial charge in [0.2, 0.25) is 0 Å². The van der Waals surface area contributed by atoms with Gasteiger partial charge in [-0.15, -0.1) is 0 Å². The second-order valence-electron chi connectivity index (χ2n) is 11.7. The van der Waals surface area contributed by atoms with Crippen LogP contribution in [0.1, 0.15) is 50.9 Å². The predicted octanol–water partition coefficient (Wildman–Crippen LogP) is 7.14. The Labute approximate surface area is 275 Å². The third kappa shape index (κ3) is 5.46. The molecule has 1 aliphatic rings. The van der Waals surface area contributed by atoms with Gasteiger partial charge < -0.3 is 9.88 Å². The summed E-state index contributed by atoms with van der Waals surface area (Å²) in [5, 5.41) is 4.73. The maximum atomic E-state index is 14.5. The number of benzene rings is 3. The number of hydrogen-bond donors (Lipinski definition) is 1. The molecule has 1 N–H and O–H groups in total. The average Bonchev–Trinajstić information content (AvgIpc) is 3.67. The van der Waals surface area contributed by atoms with Gasteiger partial charge in [-0.05, 0) is 61.7 Å². The molecule has 0 spiro atoms. The lowest BCUT2D eigenvalue weighted by molar-refractivity contribution is -0.138. The van der Waals surface area contributed by atoms with Crippen LogP contribution in [0.3, 0.4) is 0 Å². The van der Waals surface area contributed by atoms with Crippen LogP contribution in [0.2, 0.25) is 0 Å². The number of alkyl halides is 3. The minimum absolute atomic E-state index is 0.00379. The van der Waals surface area contributed by atoms with Crippen molar-refractivity contribution in [3.8, 4) is 16.9 Å². The Morgan fingerprint density at radius 3 is 2.49 bits per heavy atom. The van der Waals surface area contributed by atoms with Crippen LogP contribution in [0.5, 0.6) is 0 Å². The van der Waals surface area contributed by atoms with Gasteiger partial charge in [0.1, 0.15) is 5.65 Å². The van der Waals surface area contributed by atoms with E-state index in [1.165, 1.54) is 17.0 Å². The van der Waals surface area contributed by atoms with Gasteiger partial charge >= 0.3 is 6.18 Å². The van der Waals surface area contributed by atoms with Crippen LogP contribution < -0.4 is 5.56 Å². The second-order valence-corrected chi connectivity index (χ2v) is 12.6. The summed E-state index contributed by atoms with van der Waals surface area (Å²) in [6.07, 6.45) is -0.551. The van der Waals surface area contributed by atoms with Gasteiger partial charge in [-0.3, -0.25) is 14.2 Å². The third-order valence-electron chi connectivity index (χ3n) is 8.71. The van der Waals surface area contributed by atoms with E-state index in [4.69, 9.17) is 5.10 Å². The summed E-state index contributed by atoms with van der Waals surface area (Å²) in [4.78, 5) is 37.1. The minimum Gasteiger partial charge on any atom is -0.344 e. The maximum Gasteiger partial charge on any atom is 0.417 e. The number of hydrogen-bond acceptors (Lipinski definition) is 4. The number of carbonyl (C=O) groups excluding carboxylic acids is 1. The van der Waals surface area contributed by atoms with Gasteiger partial charge in [0.25, 0.3) is 11.5 Å². The molecule has 1 unspecified atom stereocenters. The van der Waals surface area contributed by atoms with Crippen molar-refractivity contribution < 1.29 is 18.0 Å². The minimum atomic E-state index is -4.63. The molecule has 238 valence electrons. The first-order valence-corrected chi connectivity index (χ1v) is 15.8. The van der Waals surface area contributed by atoms with Crippen molar-refractivity contribution in [3.05, 3.63) is 139 Å². The van der Waals surface area contributed by atoms with Crippen LogP contribution >= 0.6 is 15.9 Å². The topological polar surface area (TPSA) is 88.3 Å². The smallest absolute Gasteiger partial charge is 0.344 e. The van der Waals surface area contributed by atoms with Crippen LogP contribution in [-0.4, -0.2) is 41.0 Å². The van der Waals surface area contributed by atoms with Crippen molar-refractivity contribution in [3.63, 3.8) is 0 Å². The lowest BCUT2D eigenvalue weighted by Gasteiger charge is -2.35. The van der Waals surface area contributed by atoms with Crippen molar-refractivity contribution in [2.45, 2.75) is 45.5 Å². The molecule has 8 nitrogen and oxygen atoms in total. The molecule has 0 bridgehead atoms. The molecule has 3 aromatic carbocycles. The van der Waals surface area contributed by atoms with Crippen molar-refractivity contribution in [2.75, 3.05) is 0 Å². The Balaban J connectivity index is 1.36. The number of rotatable bonds is 5. The van der Waals surface area contributed by atoms with Crippen LogP contribution in [0.4, 0.5) is 13.2 Å². The molecule has 47 heavy (non-hydrogen) atoms. The second kappa shape index (κ2) is 11.7. The summed E-state index contributed by atoms with van der Waals surface area (Å²) >= 11 is 2.95. The standard InChI is InChI=1S/C35H28BrF3N6O2/c1-20-14-27-30(18-43(20)33(46)24-10-13-29(36)28(16-24)35(37,38)39)45-32(25(17-42-45)15-22-6-4-3-5-7-22)44(34(27)47)26-11-8-23(9-12-26)31-21(2)40-19-41-31/h3-13,16-17,19-20H,14-15,18H2,1-2H3,(H,40,41). The number of aromatic amines is 1.